The topological polar surface area (TPSA) is 29.5 Å². The van der Waals surface area contributed by atoms with Crippen molar-refractivity contribution in [3.63, 3.8) is 0 Å². The monoisotopic (exact) mass is 305 g/mol. The number of methoxy groups -OCH3 is 1. The number of nitrogens with zero attached hydrogens (tertiary/aromatic N) is 1. The molecule has 0 aliphatic heterocycles. The van der Waals surface area contributed by atoms with Gasteiger partial charge in [0.05, 0.1) is 12.6 Å². The van der Waals surface area contributed by atoms with E-state index in [0.717, 1.165) is 13.0 Å². The zero-order chi connectivity index (χ0) is 16.7. The van der Waals surface area contributed by atoms with Gasteiger partial charge in [-0.15, -0.1) is 0 Å². The molecule has 0 unspecified atom stereocenters. The van der Waals surface area contributed by atoms with E-state index in [9.17, 15) is 4.79 Å². The minimum atomic E-state index is -0.0853. The average molecular weight is 305 g/mol. The van der Waals surface area contributed by atoms with Crippen molar-refractivity contribution in [1.29, 1.82) is 0 Å². The predicted octanol–water partition coefficient (Wildman–Crippen LogP) is 3.49. The Labute approximate surface area is 135 Å². The van der Waals surface area contributed by atoms with Gasteiger partial charge in [0.1, 0.15) is 0 Å². The fourth-order valence-corrected chi connectivity index (χ4v) is 2.68. The molecule has 3 nitrogen and oxygen atoms in total. The number of carbonyl (C=O) groups excluding carboxylic acids is 1. The fourth-order valence-electron chi connectivity index (χ4n) is 2.68. The Morgan fingerprint density at radius 2 is 1.73 bits per heavy atom. The quantitative estimate of drug-likeness (QED) is 0.699. The van der Waals surface area contributed by atoms with Crippen molar-refractivity contribution in [2.24, 2.45) is 5.92 Å². The third-order valence-electron chi connectivity index (χ3n) is 4.06. The Kier molecular flexibility index (Phi) is 7.77. The van der Waals surface area contributed by atoms with Crippen LogP contribution >= 0.6 is 0 Å². The Balaban J connectivity index is 2.99. The maximum absolute atomic E-state index is 12.7. The van der Waals surface area contributed by atoms with Gasteiger partial charge in [0.25, 0.3) is 0 Å². The number of hydrogen-bond donors (Lipinski definition) is 0. The van der Waals surface area contributed by atoms with Crippen LogP contribution in [0.25, 0.3) is 0 Å². The van der Waals surface area contributed by atoms with Crippen LogP contribution in [-0.2, 0) is 16.0 Å². The van der Waals surface area contributed by atoms with E-state index in [2.05, 4.69) is 49.9 Å². The van der Waals surface area contributed by atoms with Gasteiger partial charge in [-0.1, -0.05) is 43.7 Å². The van der Waals surface area contributed by atoms with Crippen molar-refractivity contribution in [1.82, 2.24) is 4.90 Å². The lowest BCUT2D eigenvalue weighted by Gasteiger charge is -2.35. The van der Waals surface area contributed by atoms with Gasteiger partial charge in [-0.05, 0) is 32.8 Å². The van der Waals surface area contributed by atoms with Gasteiger partial charge < -0.3 is 4.74 Å². The van der Waals surface area contributed by atoms with Crippen LogP contribution in [0, 0.1) is 12.8 Å². The summed E-state index contributed by atoms with van der Waals surface area (Å²) >= 11 is 0. The first kappa shape index (κ1) is 18.9. The third-order valence-corrected chi connectivity index (χ3v) is 4.06. The smallest absolute Gasteiger partial charge is 0.152 e. The van der Waals surface area contributed by atoms with Crippen LogP contribution in [0.3, 0.4) is 0 Å². The lowest BCUT2D eigenvalue weighted by molar-refractivity contribution is -0.128. The van der Waals surface area contributed by atoms with E-state index >= 15 is 0 Å². The number of aryl methyl sites for hydroxylation is 1. The first-order chi connectivity index (χ1) is 10.4. The van der Waals surface area contributed by atoms with Crippen molar-refractivity contribution in [3.05, 3.63) is 35.4 Å². The Morgan fingerprint density at radius 3 is 2.18 bits per heavy atom. The summed E-state index contributed by atoms with van der Waals surface area (Å²) in [5.74, 6) is 0.352. The lowest BCUT2D eigenvalue weighted by atomic mass is 9.93. The van der Waals surface area contributed by atoms with E-state index in [1.807, 2.05) is 13.8 Å². The number of ketones is 1. The molecule has 0 heterocycles. The molecular formula is C19H31NO2. The Hall–Kier alpha value is -1.19. The summed E-state index contributed by atoms with van der Waals surface area (Å²) in [6, 6.07) is 8.71. The molecule has 3 heteroatoms. The van der Waals surface area contributed by atoms with Gasteiger partial charge in [-0.3, -0.25) is 9.69 Å². The van der Waals surface area contributed by atoms with Gasteiger partial charge in [-0.25, -0.2) is 0 Å². The first-order valence-corrected chi connectivity index (χ1v) is 8.20. The maximum Gasteiger partial charge on any atom is 0.152 e. The molecule has 1 atom stereocenters. The van der Waals surface area contributed by atoms with E-state index in [1.165, 1.54) is 11.1 Å². The Morgan fingerprint density at radius 1 is 1.14 bits per heavy atom. The molecule has 1 rings (SSSR count). The molecule has 0 fully saturated rings. The van der Waals surface area contributed by atoms with Gasteiger partial charge in [0.15, 0.2) is 5.78 Å². The average Bonchev–Trinajstić information content (AvgIpc) is 2.47. The molecule has 0 saturated heterocycles. The standard InChI is InChI=1S/C19H31NO2/c1-14(2)19(21)18(20(15(3)4)11-12-22-6)13-17-9-7-16(5)8-10-17/h7-10,14-15,18H,11-13H2,1-6H3/t18-/m0/s1. The van der Waals surface area contributed by atoms with Crippen LogP contribution in [0.2, 0.25) is 0 Å². The van der Waals surface area contributed by atoms with E-state index in [0.29, 0.717) is 18.4 Å². The van der Waals surface area contributed by atoms with E-state index in [-0.39, 0.29) is 12.0 Å². The number of Topliss-reactive ketones (excluding diaryl/α,β-unsaturated/α-hetero) is 1. The lowest BCUT2D eigenvalue weighted by Crippen LogP contribution is -2.49. The van der Waals surface area contributed by atoms with Crippen LogP contribution in [0.15, 0.2) is 24.3 Å². The summed E-state index contributed by atoms with van der Waals surface area (Å²) in [5, 5.41) is 0. The van der Waals surface area contributed by atoms with Crippen LogP contribution in [0.5, 0.6) is 0 Å². The predicted molar refractivity (Wildman–Crippen MR) is 92.2 cm³/mol. The van der Waals surface area contributed by atoms with E-state index in [4.69, 9.17) is 4.74 Å². The second-order valence-electron chi connectivity index (χ2n) is 6.59. The Bertz CT molecular complexity index is 451. The van der Waals surface area contributed by atoms with Crippen molar-refractivity contribution < 1.29 is 9.53 Å². The summed E-state index contributed by atoms with van der Waals surface area (Å²) in [5.41, 5.74) is 2.46. The second kappa shape index (κ2) is 9.06. The highest BCUT2D eigenvalue weighted by Crippen LogP contribution is 2.17. The van der Waals surface area contributed by atoms with Crippen LogP contribution in [0.1, 0.15) is 38.8 Å². The molecule has 0 saturated carbocycles. The molecule has 0 N–H and O–H groups in total. The molecule has 0 spiro atoms. The molecule has 1 aromatic rings. The van der Waals surface area contributed by atoms with Crippen LogP contribution in [-0.4, -0.2) is 43.0 Å². The van der Waals surface area contributed by atoms with Crippen molar-refractivity contribution in [2.75, 3.05) is 20.3 Å². The van der Waals surface area contributed by atoms with Crippen molar-refractivity contribution in [2.45, 2.75) is 53.1 Å². The number of carbonyl (C=O) groups is 1. The minimum absolute atomic E-state index is 0.0410. The normalized spacial score (nSPS) is 13.1. The largest absolute Gasteiger partial charge is 0.383 e. The molecule has 0 bridgehead atoms. The number of benzene rings is 1. The molecule has 0 aliphatic rings. The zero-order valence-corrected chi connectivity index (χ0v) is 14.9. The summed E-state index contributed by atoms with van der Waals surface area (Å²) in [4.78, 5) is 15.0. The van der Waals surface area contributed by atoms with Crippen molar-refractivity contribution >= 4 is 5.78 Å². The van der Waals surface area contributed by atoms with Gasteiger partial charge in [-0.2, -0.15) is 0 Å². The molecule has 1 aromatic carbocycles. The first-order valence-electron chi connectivity index (χ1n) is 8.20. The van der Waals surface area contributed by atoms with E-state index in [1.54, 1.807) is 7.11 Å². The van der Waals surface area contributed by atoms with Crippen molar-refractivity contribution in [3.8, 4) is 0 Å². The zero-order valence-electron chi connectivity index (χ0n) is 14.9. The SMILES string of the molecule is COCCN(C(C)C)[C@@H](Cc1ccc(C)cc1)C(=O)C(C)C. The highest BCUT2D eigenvalue weighted by molar-refractivity contribution is 5.86. The van der Waals surface area contributed by atoms with Gasteiger partial charge in [0, 0.05) is 25.6 Å². The maximum atomic E-state index is 12.7. The summed E-state index contributed by atoms with van der Waals surface area (Å²) < 4.78 is 5.23. The number of rotatable bonds is 9. The molecule has 0 amide bonds. The van der Waals surface area contributed by atoms with Gasteiger partial charge >= 0.3 is 0 Å². The van der Waals surface area contributed by atoms with Gasteiger partial charge in [0.2, 0.25) is 0 Å². The fraction of sp³-hybridized carbons (Fsp3) is 0.632. The molecule has 124 valence electrons. The summed E-state index contributed by atoms with van der Waals surface area (Å²) in [7, 11) is 1.71. The highest BCUT2D eigenvalue weighted by Gasteiger charge is 2.29. The van der Waals surface area contributed by atoms with Crippen LogP contribution < -0.4 is 0 Å². The van der Waals surface area contributed by atoms with E-state index < -0.39 is 0 Å². The summed E-state index contributed by atoms with van der Waals surface area (Å²) in [6.45, 7) is 11.8. The van der Waals surface area contributed by atoms with Crippen LogP contribution in [0.4, 0.5) is 0 Å². The second-order valence-corrected chi connectivity index (χ2v) is 6.59. The summed E-state index contributed by atoms with van der Waals surface area (Å²) in [6.07, 6.45) is 0.763. The number of ether oxygens (including phenoxy) is 1. The molecule has 0 aliphatic carbocycles. The molecule has 0 radical (unpaired) electrons. The molecule has 22 heavy (non-hydrogen) atoms. The molecular weight excluding hydrogens is 274 g/mol. The minimum Gasteiger partial charge on any atom is -0.383 e. The molecule has 0 aromatic heterocycles. The number of hydrogen-bond acceptors (Lipinski definition) is 3. The third kappa shape index (κ3) is 5.54. The highest BCUT2D eigenvalue weighted by atomic mass is 16.5.